The number of nitrogens with one attached hydrogen (secondary N) is 2. The van der Waals surface area contributed by atoms with Crippen LogP contribution in [0.2, 0.25) is 0 Å². The van der Waals surface area contributed by atoms with Gasteiger partial charge in [0.15, 0.2) is 0 Å². The minimum atomic E-state index is -0.0978. The van der Waals surface area contributed by atoms with Gasteiger partial charge in [-0.2, -0.15) is 0 Å². The number of rotatable bonds is 1. The van der Waals surface area contributed by atoms with Crippen LogP contribution in [0.3, 0.4) is 0 Å². The number of carbonyl (C=O) groups is 2. The van der Waals surface area contributed by atoms with E-state index in [-0.39, 0.29) is 8.88 Å². The highest BCUT2D eigenvalue weighted by Gasteiger charge is 2.24. The minimum Gasteiger partial charge on any atom is -0.341 e. The molecule has 4 heteroatoms. The van der Waals surface area contributed by atoms with Gasteiger partial charge in [0.25, 0.3) is 0 Å². The molecule has 0 aliphatic heterocycles. The Morgan fingerprint density at radius 3 is 2.10 bits per heavy atom. The summed E-state index contributed by atoms with van der Waals surface area (Å²) in [4.78, 5) is 20.4. The molecule has 0 fully saturated rings. The molecule has 0 aromatic heterocycles. The van der Waals surface area contributed by atoms with Crippen molar-refractivity contribution in [2.45, 2.75) is 45.4 Å². The summed E-state index contributed by atoms with van der Waals surface area (Å²) in [5, 5.41) is 5.69. The number of fused-ring (bicyclic) bond motifs is 2. The van der Waals surface area contributed by atoms with Gasteiger partial charge in [0, 0.05) is 15.6 Å². The van der Waals surface area contributed by atoms with E-state index in [4.69, 9.17) is 4.79 Å². The number of anilines is 1. The van der Waals surface area contributed by atoms with Crippen molar-refractivity contribution in [3.8, 4) is 0 Å². The van der Waals surface area contributed by atoms with Crippen LogP contribution in [0.5, 0.6) is 0 Å². The first-order valence-corrected chi connectivity index (χ1v) is 7.26. The molecule has 0 saturated carbocycles. The molecule has 0 atom stereocenters. The summed E-state index contributed by atoms with van der Waals surface area (Å²) in [5.41, 5.74) is 6.80. The summed E-state index contributed by atoms with van der Waals surface area (Å²) in [6.07, 6.45) is 7.77. The lowest BCUT2D eigenvalue weighted by Crippen LogP contribution is -2.25. The molecular weight excluding hydrogens is 252 g/mol. The zero-order valence-corrected chi connectivity index (χ0v) is 12.2. The largest absolute Gasteiger partial charge is 0.341 e. The fourth-order valence-electron chi connectivity index (χ4n) is 3.14. The molecule has 1 aromatic carbocycles. The van der Waals surface area contributed by atoms with Crippen molar-refractivity contribution in [3.05, 3.63) is 28.3 Å². The van der Waals surface area contributed by atoms with Crippen molar-refractivity contribution < 1.29 is 12.4 Å². The Kier molecular flexibility index (Phi) is 4.77. The number of hydrogen-bond acceptors (Lipinski definition) is 2. The van der Waals surface area contributed by atoms with E-state index in [1.54, 1.807) is 7.05 Å². The first-order chi connectivity index (χ1) is 9.71. The highest BCUT2D eigenvalue weighted by molar-refractivity contribution is 5.91. The molecule has 0 radical (unpaired) electrons. The van der Waals surface area contributed by atoms with Crippen LogP contribution in [0.4, 0.5) is 10.5 Å². The number of carbonyl (C=O) groups excluding carboxylic acids is 2. The van der Waals surface area contributed by atoms with Crippen LogP contribution < -0.4 is 10.6 Å². The molecule has 3 rings (SSSR count). The summed E-state index contributed by atoms with van der Waals surface area (Å²) < 4.78 is 0. The van der Waals surface area contributed by atoms with Gasteiger partial charge < -0.3 is 15.4 Å². The molecule has 0 spiro atoms. The Labute approximate surface area is 122 Å². The fourth-order valence-corrected chi connectivity index (χ4v) is 3.14. The van der Waals surface area contributed by atoms with Crippen LogP contribution in [-0.4, -0.2) is 19.4 Å². The Morgan fingerprint density at radius 1 is 1.15 bits per heavy atom. The van der Waals surface area contributed by atoms with Gasteiger partial charge in [-0.1, -0.05) is 6.07 Å². The zero-order valence-electron chi connectivity index (χ0n) is 12.2. The average molecular weight is 278 g/mol. The minimum absolute atomic E-state index is 0. The van der Waals surface area contributed by atoms with Gasteiger partial charge in [0.1, 0.15) is 6.29 Å². The normalized spacial score (nSPS) is 14.7. The van der Waals surface area contributed by atoms with Crippen LogP contribution in [-0.2, 0) is 30.5 Å². The Balaban J connectivity index is 0.000000820. The molecular formula is C16H26N2O2. The summed E-state index contributed by atoms with van der Waals surface area (Å²) >= 11 is 0. The van der Waals surface area contributed by atoms with Crippen molar-refractivity contribution in [1.82, 2.24) is 5.32 Å². The lowest BCUT2D eigenvalue weighted by molar-refractivity contribution is -0.106. The average Bonchev–Trinajstić information content (AvgIpc) is 3.07. The van der Waals surface area contributed by atoms with Gasteiger partial charge in [0.05, 0.1) is 0 Å². The standard InChI is InChI=1S/C14H18N2O.C2H4O.2H2/c1-15-14(17)16-13-11-6-2-4-9(11)8-10-5-3-7-12(10)13;1-2-3;;/h8H,2-7H2,1H3,(H2,15,16,17);2H,1H3;2*1H. The van der Waals surface area contributed by atoms with E-state index >= 15 is 0 Å². The molecule has 0 bridgehead atoms. The second-order valence-corrected chi connectivity index (χ2v) is 5.17. The summed E-state index contributed by atoms with van der Waals surface area (Å²) in [5.74, 6) is 0. The highest BCUT2D eigenvalue weighted by atomic mass is 16.2. The lowest BCUT2D eigenvalue weighted by atomic mass is 9.99. The number of benzene rings is 1. The van der Waals surface area contributed by atoms with E-state index in [0.29, 0.717) is 0 Å². The topological polar surface area (TPSA) is 58.2 Å². The first-order valence-electron chi connectivity index (χ1n) is 7.26. The number of aldehydes is 1. The van der Waals surface area contributed by atoms with E-state index in [9.17, 15) is 4.79 Å². The first kappa shape index (κ1) is 14.6. The van der Waals surface area contributed by atoms with Crippen LogP contribution in [0.15, 0.2) is 6.07 Å². The maximum absolute atomic E-state index is 11.6. The SMILES string of the molecule is CC=O.CNC(=O)Nc1c2c(cc3c1CCC3)CCC2.[HH].[HH]. The number of urea groups is 1. The van der Waals surface area contributed by atoms with Crippen LogP contribution >= 0.6 is 0 Å². The van der Waals surface area contributed by atoms with E-state index in [2.05, 4.69) is 16.7 Å². The molecule has 2 aliphatic rings. The van der Waals surface area contributed by atoms with Gasteiger partial charge in [-0.15, -0.1) is 0 Å². The van der Waals surface area contributed by atoms with Crippen molar-refractivity contribution in [2.75, 3.05) is 12.4 Å². The highest BCUT2D eigenvalue weighted by Crippen LogP contribution is 2.38. The van der Waals surface area contributed by atoms with E-state index < -0.39 is 0 Å². The predicted octanol–water partition coefficient (Wildman–Crippen LogP) is 3.11. The number of hydrogen-bond donors (Lipinski definition) is 2. The number of aryl methyl sites for hydroxylation is 2. The van der Waals surface area contributed by atoms with Crippen LogP contribution in [0.25, 0.3) is 0 Å². The Bertz CT molecular complexity index is 501. The molecule has 0 heterocycles. The molecule has 2 N–H and O–H groups in total. The maximum Gasteiger partial charge on any atom is 0.318 e. The van der Waals surface area contributed by atoms with Crippen LogP contribution in [0.1, 0.15) is 44.9 Å². The van der Waals surface area contributed by atoms with Crippen molar-refractivity contribution in [3.63, 3.8) is 0 Å². The van der Waals surface area contributed by atoms with E-state index in [0.717, 1.165) is 24.8 Å². The Morgan fingerprint density at radius 2 is 1.65 bits per heavy atom. The van der Waals surface area contributed by atoms with E-state index in [1.165, 1.54) is 54.9 Å². The van der Waals surface area contributed by atoms with Gasteiger partial charge in [-0.05, 0) is 67.7 Å². The van der Waals surface area contributed by atoms with Crippen molar-refractivity contribution in [1.29, 1.82) is 0 Å². The molecule has 1 aromatic rings. The third-order valence-corrected chi connectivity index (χ3v) is 3.94. The smallest absolute Gasteiger partial charge is 0.318 e. The summed E-state index contributed by atoms with van der Waals surface area (Å²) in [6.45, 7) is 1.44. The number of amides is 2. The molecule has 4 nitrogen and oxygen atoms in total. The third kappa shape index (κ3) is 2.84. The van der Waals surface area contributed by atoms with Gasteiger partial charge in [-0.3, -0.25) is 0 Å². The Hall–Kier alpha value is -1.84. The van der Waals surface area contributed by atoms with Gasteiger partial charge in [-0.25, -0.2) is 4.79 Å². The predicted molar refractivity (Wildman–Crippen MR) is 84.5 cm³/mol. The molecule has 2 amide bonds. The van der Waals surface area contributed by atoms with Crippen molar-refractivity contribution >= 4 is 18.0 Å². The fraction of sp³-hybridized carbons (Fsp3) is 0.500. The quantitative estimate of drug-likeness (QED) is 0.775. The zero-order chi connectivity index (χ0) is 14.5. The maximum atomic E-state index is 11.6. The monoisotopic (exact) mass is 278 g/mol. The molecule has 20 heavy (non-hydrogen) atoms. The van der Waals surface area contributed by atoms with Crippen LogP contribution in [0, 0.1) is 0 Å². The summed E-state index contributed by atoms with van der Waals surface area (Å²) in [6, 6.07) is 2.28. The molecule has 2 aliphatic carbocycles. The molecule has 112 valence electrons. The van der Waals surface area contributed by atoms with E-state index in [1.807, 2.05) is 0 Å². The van der Waals surface area contributed by atoms with Crippen molar-refractivity contribution in [2.24, 2.45) is 0 Å². The summed E-state index contributed by atoms with van der Waals surface area (Å²) in [7, 11) is 1.67. The van der Waals surface area contributed by atoms with Gasteiger partial charge in [0.2, 0.25) is 0 Å². The molecule has 0 unspecified atom stereocenters. The lowest BCUT2D eigenvalue weighted by Gasteiger charge is -2.15. The second kappa shape index (κ2) is 6.55. The van der Waals surface area contributed by atoms with Gasteiger partial charge >= 0.3 is 6.03 Å². The molecule has 0 saturated heterocycles. The second-order valence-electron chi connectivity index (χ2n) is 5.17. The third-order valence-electron chi connectivity index (χ3n) is 3.94.